The average Bonchev–Trinajstić information content (AvgIpc) is 3.22. The van der Waals surface area contributed by atoms with E-state index in [-0.39, 0.29) is 0 Å². The molecule has 0 aromatic heterocycles. The quantitative estimate of drug-likeness (QED) is 0.0345. The Morgan fingerprint density at radius 3 is 0.754 bits per heavy atom. The summed E-state index contributed by atoms with van der Waals surface area (Å²) >= 11 is -6.63. The third-order valence-electron chi connectivity index (χ3n) is 12.1. The second-order valence-electron chi connectivity index (χ2n) is 17.9. The molecule has 0 radical (unpaired) electrons. The van der Waals surface area contributed by atoms with Crippen molar-refractivity contribution in [2.45, 2.75) is 290 Å². The van der Waals surface area contributed by atoms with Crippen LogP contribution in [0.2, 0.25) is 17.7 Å². The topological polar surface area (TPSA) is 27.7 Å². The maximum atomic E-state index is 7.85. The van der Waals surface area contributed by atoms with Crippen LogP contribution >= 0.6 is 0 Å². The molecule has 0 aromatic carbocycles. The summed E-state index contributed by atoms with van der Waals surface area (Å²) in [7, 11) is 0. The van der Waals surface area contributed by atoms with Gasteiger partial charge in [-0.3, -0.25) is 0 Å². The van der Waals surface area contributed by atoms with E-state index in [0.717, 1.165) is 13.2 Å². The van der Waals surface area contributed by atoms with Crippen molar-refractivity contribution in [3.63, 3.8) is 0 Å². The number of rotatable bonds is 48. The molecule has 0 fully saturated rings. The Balaban J connectivity index is 4.87. The molecule has 0 bridgehead atoms. The van der Waals surface area contributed by atoms with Crippen LogP contribution in [0.25, 0.3) is 0 Å². The molecule has 0 N–H and O–H groups in total. The molecule has 0 amide bonds. The van der Waals surface area contributed by atoms with Crippen LogP contribution in [-0.4, -0.2) is 51.6 Å². The second-order valence-corrected chi connectivity index (χ2v) is 40.2. The second kappa shape index (κ2) is 46.5. The van der Waals surface area contributed by atoms with Gasteiger partial charge in [-0.15, -0.1) is 0 Å². The van der Waals surface area contributed by atoms with Crippen molar-refractivity contribution < 1.29 is 7.56 Å². The van der Waals surface area contributed by atoms with Gasteiger partial charge < -0.3 is 0 Å². The Kier molecular flexibility index (Phi) is 47.2. The predicted molar refractivity (Wildman–Crippen MR) is 262 cm³/mol. The van der Waals surface area contributed by atoms with E-state index in [1.807, 2.05) is 0 Å². The fourth-order valence-electron chi connectivity index (χ4n) is 8.14. The summed E-state index contributed by atoms with van der Waals surface area (Å²) in [6.45, 7) is 15.9. The summed E-state index contributed by atoms with van der Waals surface area (Å²) in [6.07, 6.45) is 57.7. The van der Waals surface area contributed by atoms with Crippen molar-refractivity contribution in [3.8, 4) is 0 Å². The molecule has 0 aliphatic rings. The van der Waals surface area contributed by atoms with Crippen molar-refractivity contribution in [2.24, 2.45) is 0 Å². The van der Waals surface area contributed by atoms with Gasteiger partial charge in [0.05, 0.1) is 0 Å². The van der Waals surface area contributed by atoms with Crippen molar-refractivity contribution in [2.75, 3.05) is 13.2 Å². The Bertz CT molecular complexity index is 748. The first-order chi connectivity index (χ1) is 28.1. The molecule has 0 rings (SSSR count). The molecular formula is C52H106O3Sn2. The zero-order chi connectivity index (χ0) is 41.6. The zero-order valence-corrected chi connectivity index (χ0v) is 45.9. The fourth-order valence-corrected chi connectivity index (χ4v) is 50.8. The summed E-state index contributed by atoms with van der Waals surface area (Å²) in [6, 6.07) is 0. The molecule has 0 unspecified atom stereocenters. The molecule has 0 atom stereocenters. The molecular weight excluding hydrogens is 910 g/mol. The normalized spacial score (nSPS) is 12.6. The average molecular weight is 1020 g/mol. The van der Waals surface area contributed by atoms with Gasteiger partial charge in [0, 0.05) is 0 Å². The van der Waals surface area contributed by atoms with E-state index in [2.05, 4.69) is 65.8 Å². The van der Waals surface area contributed by atoms with Gasteiger partial charge in [0.15, 0.2) is 0 Å². The number of hydrogen-bond acceptors (Lipinski definition) is 3. The summed E-state index contributed by atoms with van der Waals surface area (Å²) in [5.41, 5.74) is 0. The van der Waals surface area contributed by atoms with Crippen LogP contribution in [0.15, 0.2) is 24.3 Å². The molecule has 0 saturated carbocycles. The molecule has 0 aliphatic heterocycles. The van der Waals surface area contributed by atoms with Gasteiger partial charge in [0.2, 0.25) is 0 Å². The monoisotopic (exact) mass is 1020 g/mol. The predicted octanol–water partition coefficient (Wildman–Crippen LogP) is 19.2. The molecule has 0 heterocycles. The van der Waals surface area contributed by atoms with E-state index >= 15 is 0 Å². The van der Waals surface area contributed by atoms with Gasteiger partial charge in [-0.1, -0.05) is 78.1 Å². The minimum Gasteiger partial charge on any atom is -0.0654 e. The molecule has 5 heteroatoms. The molecule has 0 aliphatic carbocycles. The van der Waals surface area contributed by atoms with Gasteiger partial charge in [0.25, 0.3) is 0 Å². The van der Waals surface area contributed by atoms with Crippen molar-refractivity contribution in [1.82, 2.24) is 0 Å². The van der Waals surface area contributed by atoms with Crippen LogP contribution in [0, 0.1) is 0 Å². The minimum absolute atomic E-state index is 0.934. The van der Waals surface area contributed by atoms with Crippen molar-refractivity contribution in [3.05, 3.63) is 24.3 Å². The number of allylic oxidation sites excluding steroid dienone is 4. The molecule has 57 heavy (non-hydrogen) atoms. The Labute approximate surface area is 371 Å². The minimum atomic E-state index is -3.31. The van der Waals surface area contributed by atoms with E-state index < -0.39 is 38.4 Å². The smallest absolute Gasteiger partial charge is 0.0654 e. The van der Waals surface area contributed by atoms with Crippen LogP contribution < -0.4 is 0 Å². The van der Waals surface area contributed by atoms with Gasteiger partial charge >= 0.3 is 283 Å². The van der Waals surface area contributed by atoms with Crippen LogP contribution in [0.1, 0.15) is 273 Å². The van der Waals surface area contributed by atoms with Crippen LogP contribution in [0.4, 0.5) is 0 Å². The SMILES string of the molecule is CCCCCCCC/C=C\CCCCCCCC[O][Sn]([CH2]CCC)([CH2]CCC)[O][Sn]([CH2]CCC)([CH2]CCC)[O]CCCCCCCC/C=C\CCCCCCCC. The van der Waals surface area contributed by atoms with E-state index in [0.29, 0.717) is 0 Å². The van der Waals surface area contributed by atoms with Crippen LogP contribution in [0.3, 0.4) is 0 Å². The van der Waals surface area contributed by atoms with Crippen LogP contribution in [-0.2, 0) is 7.56 Å². The first-order valence-electron chi connectivity index (χ1n) is 26.4. The molecule has 0 saturated heterocycles. The summed E-state index contributed by atoms with van der Waals surface area (Å²) in [5, 5.41) is 0. The van der Waals surface area contributed by atoms with E-state index in [1.165, 1.54) is 249 Å². The Morgan fingerprint density at radius 2 is 0.491 bits per heavy atom. The van der Waals surface area contributed by atoms with Gasteiger partial charge in [-0.2, -0.15) is 0 Å². The van der Waals surface area contributed by atoms with Crippen molar-refractivity contribution in [1.29, 1.82) is 0 Å². The summed E-state index contributed by atoms with van der Waals surface area (Å²) < 4.78 is 27.3. The fraction of sp³-hybridized carbons (Fsp3) is 0.923. The van der Waals surface area contributed by atoms with Gasteiger partial charge in [0.1, 0.15) is 0 Å². The van der Waals surface area contributed by atoms with Crippen LogP contribution in [0.5, 0.6) is 0 Å². The molecule has 3 nitrogen and oxygen atoms in total. The van der Waals surface area contributed by atoms with Crippen molar-refractivity contribution >= 4 is 38.4 Å². The summed E-state index contributed by atoms with van der Waals surface area (Å²) in [5.74, 6) is 0. The third-order valence-corrected chi connectivity index (χ3v) is 45.3. The Morgan fingerprint density at radius 1 is 0.263 bits per heavy atom. The zero-order valence-electron chi connectivity index (χ0n) is 40.2. The molecule has 340 valence electrons. The number of hydrogen-bond donors (Lipinski definition) is 0. The third kappa shape index (κ3) is 38.4. The standard InChI is InChI=1S/2C18H35O.4C4H9.O.2Sn/c2*1-2-3-4-5-6-7-8-9-10-11-12-13-14-15-16-17-18-19;4*1-3-4-2;;;/h2*9-10H,2-8,11-18H2,1H3;4*1,3-4H2,2H3;;;/q2*-1;;;;;;2*+1/b2*10-9-;;;;;;;. The maximum absolute atomic E-state index is 7.85. The molecule has 0 aromatic rings. The first-order valence-corrected chi connectivity index (χ1v) is 39.1. The van der Waals surface area contributed by atoms with E-state index in [4.69, 9.17) is 7.56 Å². The number of unbranched alkanes of at least 4 members (excludes halogenated alkanes) is 28. The van der Waals surface area contributed by atoms with Gasteiger partial charge in [-0.25, -0.2) is 0 Å². The Hall–Kier alpha value is 0.957. The van der Waals surface area contributed by atoms with E-state index in [1.54, 1.807) is 0 Å². The summed E-state index contributed by atoms with van der Waals surface area (Å²) in [4.78, 5) is 0. The van der Waals surface area contributed by atoms with E-state index in [9.17, 15) is 0 Å². The molecule has 0 spiro atoms. The van der Waals surface area contributed by atoms with Gasteiger partial charge in [-0.05, 0) is 12.8 Å². The first kappa shape index (κ1) is 58.0.